The average Bonchev–Trinajstić information content (AvgIpc) is 2.88. The first-order valence-corrected chi connectivity index (χ1v) is 8.89. The number of carbonyl (C=O) groups excluding carboxylic acids is 1. The van der Waals surface area contributed by atoms with Gasteiger partial charge in [0.25, 0.3) is 0 Å². The number of carbonyl (C=O) groups is 1. The summed E-state index contributed by atoms with van der Waals surface area (Å²) in [5.74, 6) is 1.45. The van der Waals surface area contributed by atoms with Gasteiger partial charge in [0, 0.05) is 12.5 Å². The molecule has 4 aliphatic rings. The molecule has 118 valence electrons. The van der Waals surface area contributed by atoms with Crippen molar-refractivity contribution in [3.63, 3.8) is 0 Å². The molecular formula is C17H28N2O2. The Morgan fingerprint density at radius 3 is 2.43 bits per heavy atom. The summed E-state index contributed by atoms with van der Waals surface area (Å²) in [6.07, 6.45) is 8.64. The highest BCUT2D eigenvalue weighted by Crippen LogP contribution is 2.39. The van der Waals surface area contributed by atoms with Gasteiger partial charge >= 0.3 is 0 Å². The maximum absolute atomic E-state index is 12.2. The van der Waals surface area contributed by atoms with Gasteiger partial charge in [-0.15, -0.1) is 0 Å². The second-order valence-corrected chi connectivity index (χ2v) is 7.73. The third-order valence-electron chi connectivity index (χ3n) is 6.07. The number of nitrogens with zero attached hydrogens (tertiary/aromatic N) is 2. The van der Waals surface area contributed by atoms with Crippen LogP contribution >= 0.6 is 0 Å². The molecule has 0 radical (unpaired) electrons. The van der Waals surface area contributed by atoms with E-state index in [1.807, 2.05) is 4.90 Å². The van der Waals surface area contributed by atoms with Gasteiger partial charge in [-0.25, -0.2) is 0 Å². The van der Waals surface area contributed by atoms with Crippen LogP contribution < -0.4 is 0 Å². The Labute approximate surface area is 127 Å². The third-order valence-corrected chi connectivity index (χ3v) is 6.07. The monoisotopic (exact) mass is 292 g/mol. The Morgan fingerprint density at radius 1 is 1.10 bits per heavy atom. The Morgan fingerprint density at radius 2 is 1.86 bits per heavy atom. The number of ether oxygens (including phenoxy) is 1. The molecule has 0 unspecified atom stereocenters. The number of hydrogen-bond donors (Lipinski definition) is 0. The van der Waals surface area contributed by atoms with E-state index in [4.69, 9.17) is 4.74 Å². The van der Waals surface area contributed by atoms with Crippen LogP contribution in [0.2, 0.25) is 0 Å². The number of rotatable bonds is 3. The van der Waals surface area contributed by atoms with Crippen LogP contribution in [0.1, 0.15) is 44.9 Å². The fraction of sp³-hybridized carbons (Fsp3) is 0.941. The minimum Gasteiger partial charge on any atom is -0.371 e. The SMILES string of the molecule is O=C(C1CCC1)N1CC2(CC[C@H](CN3CCCC3)CO2)C1. The lowest BCUT2D eigenvalue weighted by Gasteiger charge is -2.54. The predicted molar refractivity (Wildman–Crippen MR) is 81.0 cm³/mol. The summed E-state index contributed by atoms with van der Waals surface area (Å²) in [7, 11) is 0. The van der Waals surface area contributed by atoms with Gasteiger partial charge in [-0.3, -0.25) is 4.79 Å². The first-order valence-electron chi connectivity index (χ1n) is 8.89. The van der Waals surface area contributed by atoms with Crippen molar-refractivity contribution >= 4 is 5.91 Å². The van der Waals surface area contributed by atoms with Gasteiger partial charge in [0.15, 0.2) is 0 Å². The minimum atomic E-state index is 0.0287. The molecule has 3 saturated heterocycles. The highest BCUT2D eigenvalue weighted by Gasteiger charge is 2.49. The summed E-state index contributed by atoms with van der Waals surface area (Å²) in [6.45, 7) is 6.41. The molecule has 4 nitrogen and oxygen atoms in total. The van der Waals surface area contributed by atoms with Crippen molar-refractivity contribution in [2.24, 2.45) is 11.8 Å². The van der Waals surface area contributed by atoms with E-state index in [2.05, 4.69) is 4.90 Å². The van der Waals surface area contributed by atoms with Crippen molar-refractivity contribution < 1.29 is 9.53 Å². The van der Waals surface area contributed by atoms with Crippen LogP contribution in [0.3, 0.4) is 0 Å². The van der Waals surface area contributed by atoms with Gasteiger partial charge in [-0.05, 0) is 57.5 Å². The highest BCUT2D eigenvalue weighted by atomic mass is 16.5. The van der Waals surface area contributed by atoms with Gasteiger partial charge in [0.1, 0.15) is 5.60 Å². The molecule has 21 heavy (non-hydrogen) atoms. The Balaban J connectivity index is 1.22. The van der Waals surface area contributed by atoms with Crippen LogP contribution in [0.15, 0.2) is 0 Å². The molecule has 0 N–H and O–H groups in total. The fourth-order valence-electron chi connectivity index (χ4n) is 4.36. The Kier molecular flexibility index (Phi) is 3.70. The van der Waals surface area contributed by atoms with Crippen molar-refractivity contribution in [1.82, 2.24) is 9.80 Å². The summed E-state index contributed by atoms with van der Waals surface area (Å²) in [5.41, 5.74) is 0.0287. The standard InChI is InChI=1S/C17H28N2O2/c20-16(15-4-3-5-15)19-12-17(13-19)7-6-14(11-21-17)10-18-8-1-2-9-18/h14-15H,1-13H2/t14-/m1/s1. The molecule has 0 aromatic rings. The second-order valence-electron chi connectivity index (χ2n) is 7.73. The van der Waals surface area contributed by atoms with E-state index in [1.165, 1.54) is 45.3 Å². The van der Waals surface area contributed by atoms with Gasteiger partial charge in [0.2, 0.25) is 5.91 Å². The Hall–Kier alpha value is -0.610. The molecule has 0 bridgehead atoms. The van der Waals surface area contributed by atoms with Gasteiger partial charge in [-0.2, -0.15) is 0 Å². The first-order chi connectivity index (χ1) is 10.2. The third kappa shape index (κ3) is 2.72. The first kappa shape index (κ1) is 14.0. The van der Waals surface area contributed by atoms with E-state index in [0.29, 0.717) is 17.7 Å². The lowest BCUT2D eigenvalue weighted by atomic mass is 9.79. The molecule has 4 rings (SSSR count). The molecule has 1 spiro atoms. The fourth-order valence-corrected chi connectivity index (χ4v) is 4.36. The largest absolute Gasteiger partial charge is 0.371 e. The minimum absolute atomic E-state index is 0.0287. The summed E-state index contributed by atoms with van der Waals surface area (Å²) < 4.78 is 6.22. The summed E-state index contributed by atoms with van der Waals surface area (Å²) >= 11 is 0. The second kappa shape index (κ2) is 5.54. The van der Waals surface area contributed by atoms with Crippen LogP contribution in [0, 0.1) is 11.8 Å². The van der Waals surface area contributed by atoms with Gasteiger partial charge < -0.3 is 14.5 Å². The lowest BCUT2D eigenvalue weighted by molar-refractivity contribution is -0.193. The molecular weight excluding hydrogens is 264 g/mol. The van der Waals surface area contributed by atoms with Crippen LogP contribution in [-0.4, -0.2) is 60.6 Å². The van der Waals surface area contributed by atoms with Crippen molar-refractivity contribution in [3.05, 3.63) is 0 Å². The van der Waals surface area contributed by atoms with E-state index in [-0.39, 0.29) is 5.60 Å². The van der Waals surface area contributed by atoms with Gasteiger partial charge in [0.05, 0.1) is 19.7 Å². The maximum Gasteiger partial charge on any atom is 0.225 e. The quantitative estimate of drug-likeness (QED) is 0.796. The predicted octanol–water partition coefficient (Wildman–Crippen LogP) is 1.89. The zero-order chi connectivity index (χ0) is 14.3. The smallest absolute Gasteiger partial charge is 0.225 e. The zero-order valence-electron chi connectivity index (χ0n) is 13.1. The van der Waals surface area contributed by atoms with E-state index < -0.39 is 0 Å². The van der Waals surface area contributed by atoms with Crippen LogP contribution in [0.25, 0.3) is 0 Å². The molecule has 0 aromatic carbocycles. The molecule has 3 aliphatic heterocycles. The van der Waals surface area contributed by atoms with Crippen LogP contribution in [-0.2, 0) is 9.53 Å². The number of amides is 1. The lowest BCUT2D eigenvalue weighted by Crippen LogP contribution is -2.67. The van der Waals surface area contributed by atoms with Crippen molar-refractivity contribution in [3.8, 4) is 0 Å². The van der Waals surface area contributed by atoms with E-state index >= 15 is 0 Å². The summed E-state index contributed by atoms with van der Waals surface area (Å²) in [5, 5.41) is 0. The Bertz CT molecular complexity index is 386. The van der Waals surface area contributed by atoms with Crippen molar-refractivity contribution in [2.75, 3.05) is 39.3 Å². The maximum atomic E-state index is 12.2. The highest BCUT2D eigenvalue weighted by molar-refractivity contribution is 5.80. The van der Waals surface area contributed by atoms with Gasteiger partial charge in [-0.1, -0.05) is 6.42 Å². The average molecular weight is 292 g/mol. The summed E-state index contributed by atoms with van der Waals surface area (Å²) in [4.78, 5) is 16.8. The molecule has 4 heteroatoms. The van der Waals surface area contributed by atoms with Crippen LogP contribution in [0.5, 0.6) is 0 Å². The molecule has 3 heterocycles. The molecule has 1 amide bonds. The molecule has 1 saturated carbocycles. The molecule has 1 aliphatic carbocycles. The number of hydrogen-bond acceptors (Lipinski definition) is 3. The summed E-state index contributed by atoms with van der Waals surface area (Å²) in [6, 6.07) is 0. The molecule has 4 fully saturated rings. The van der Waals surface area contributed by atoms with Crippen molar-refractivity contribution in [1.29, 1.82) is 0 Å². The van der Waals surface area contributed by atoms with E-state index in [9.17, 15) is 4.79 Å². The normalized spacial score (nSPS) is 33.0. The van der Waals surface area contributed by atoms with Crippen molar-refractivity contribution in [2.45, 2.75) is 50.5 Å². The topological polar surface area (TPSA) is 32.8 Å². The van der Waals surface area contributed by atoms with Crippen LogP contribution in [0.4, 0.5) is 0 Å². The molecule has 1 atom stereocenters. The van der Waals surface area contributed by atoms with E-state index in [1.54, 1.807) is 0 Å². The van der Waals surface area contributed by atoms with E-state index in [0.717, 1.165) is 39.0 Å². The molecule has 0 aromatic heterocycles. The number of likely N-dealkylation sites (tertiary alicyclic amines) is 2. The zero-order valence-corrected chi connectivity index (χ0v) is 13.1.